The van der Waals surface area contributed by atoms with Gasteiger partial charge in [-0.05, 0) is 6.92 Å². The van der Waals surface area contributed by atoms with Crippen molar-refractivity contribution in [3.05, 3.63) is 10.4 Å². The van der Waals surface area contributed by atoms with Gasteiger partial charge in [0.05, 0.1) is 12.6 Å². The van der Waals surface area contributed by atoms with Gasteiger partial charge in [0.1, 0.15) is 6.35 Å². The predicted octanol–water partition coefficient (Wildman–Crippen LogP) is -1.41. The van der Waals surface area contributed by atoms with Crippen molar-refractivity contribution in [3.63, 3.8) is 0 Å². The van der Waals surface area contributed by atoms with E-state index < -0.39 is 25.6 Å². The molecule has 0 bridgehead atoms. The number of hydrogen-bond acceptors (Lipinski definition) is 7. The highest BCUT2D eigenvalue weighted by Crippen LogP contribution is 2.34. The number of aromatic amines is 1. The number of nitrogen functional groups attached to an aromatic ring is 1. The highest BCUT2D eigenvalue weighted by molar-refractivity contribution is 7.51. The molecule has 2 aliphatic heterocycles. The Morgan fingerprint density at radius 1 is 1.50 bits per heavy atom. The summed E-state index contributed by atoms with van der Waals surface area (Å²) in [6, 6.07) is 0. The van der Waals surface area contributed by atoms with E-state index in [4.69, 9.17) is 20.3 Å². The highest BCUT2D eigenvalue weighted by atomic mass is 31.2. The zero-order chi connectivity index (χ0) is 14.9. The van der Waals surface area contributed by atoms with Crippen LogP contribution in [0.2, 0.25) is 0 Å². The number of ether oxygens (including phenoxy) is 1. The molecule has 0 aromatic heterocycles. The van der Waals surface area contributed by atoms with Crippen LogP contribution in [0, 0.1) is 0 Å². The number of aromatic nitrogens is 5. The van der Waals surface area contributed by atoms with Crippen LogP contribution in [0.25, 0.3) is 11.5 Å². The summed E-state index contributed by atoms with van der Waals surface area (Å²) < 4.78 is 17.1. The van der Waals surface area contributed by atoms with Gasteiger partial charge in [-0.25, -0.2) is 9.90 Å². The second-order valence-corrected chi connectivity index (χ2v) is 5.74. The Bertz CT molecular complexity index is 677. The van der Waals surface area contributed by atoms with Crippen LogP contribution in [0.3, 0.4) is 0 Å². The lowest BCUT2D eigenvalue weighted by Gasteiger charge is -2.14. The molecule has 11 nitrogen and oxygen atoms in total. The molecule has 0 aliphatic carbocycles. The zero-order valence-corrected chi connectivity index (χ0v) is 11.3. The third-order valence-electron chi connectivity index (χ3n) is 2.36. The third kappa shape index (κ3) is 3.39. The van der Waals surface area contributed by atoms with E-state index in [1.165, 1.54) is 4.68 Å². The monoisotopic (exact) mass is 304 g/mol. The Labute approximate surface area is 112 Å². The van der Waals surface area contributed by atoms with Crippen molar-refractivity contribution in [1.29, 1.82) is 0 Å². The quantitative estimate of drug-likeness (QED) is 0.484. The third-order valence-corrected chi connectivity index (χ3v) is 2.84. The average molecular weight is 304 g/mol. The molecule has 20 heavy (non-hydrogen) atoms. The standard InChI is InChI=1S/C8H13N6O5P/c1-4(19-3-20(16,17)18)2-14-6-5(12-13-14)7(15)11-8(9)10-6/h4,13H,2-3H2,1H3,(H2,9,11,15)(H2,16,17,18)/t4-/m1/s1. The minimum Gasteiger partial charge on any atom is -0.368 e. The first-order chi connectivity index (χ1) is 9.26. The van der Waals surface area contributed by atoms with Crippen molar-refractivity contribution in [2.75, 3.05) is 12.1 Å². The van der Waals surface area contributed by atoms with Crippen LogP contribution >= 0.6 is 7.60 Å². The van der Waals surface area contributed by atoms with Crippen LogP contribution in [0.15, 0.2) is 4.79 Å². The minimum absolute atomic E-state index is 0.0291. The lowest BCUT2D eigenvalue weighted by molar-refractivity contribution is 0.0729. The Morgan fingerprint density at radius 3 is 2.85 bits per heavy atom. The maximum atomic E-state index is 11.5. The molecule has 5 N–H and O–H groups in total. The molecule has 12 heteroatoms. The van der Waals surface area contributed by atoms with Gasteiger partial charge in [-0.15, -0.1) is 0 Å². The molecular weight excluding hydrogens is 291 g/mol. The summed E-state index contributed by atoms with van der Waals surface area (Å²) in [5.41, 5.74) is 4.81. The second-order valence-electron chi connectivity index (χ2n) is 4.15. The molecule has 0 radical (unpaired) electrons. The van der Waals surface area contributed by atoms with Gasteiger partial charge in [0.25, 0.3) is 0 Å². The van der Waals surface area contributed by atoms with Gasteiger partial charge in [-0.2, -0.15) is 15.1 Å². The van der Waals surface area contributed by atoms with Gasteiger partial charge >= 0.3 is 13.2 Å². The van der Waals surface area contributed by atoms with Crippen LogP contribution in [-0.2, 0) is 15.8 Å². The summed E-state index contributed by atoms with van der Waals surface area (Å²) in [5, 5.41) is 6.30. The van der Waals surface area contributed by atoms with Crippen molar-refractivity contribution in [2.45, 2.75) is 19.6 Å². The van der Waals surface area contributed by atoms with Crippen LogP contribution in [0.4, 0.5) is 5.95 Å². The Balaban J connectivity index is 2.14. The fourth-order valence-electron chi connectivity index (χ4n) is 1.54. The topological polar surface area (TPSA) is 169 Å². The van der Waals surface area contributed by atoms with Crippen LogP contribution in [0.5, 0.6) is 0 Å². The molecule has 0 spiro atoms. The lowest BCUT2D eigenvalue weighted by Crippen LogP contribution is -2.21. The summed E-state index contributed by atoms with van der Waals surface area (Å²) >= 11 is 0. The van der Waals surface area contributed by atoms with Gasteiger partial charge in [0, 0.05) is 0 Å². The first-order valence-corrected chi connectivity index (χ1v) is 7.30. The van der Waals surface area contributed by atoms with E-state index in [0.29, 0.717) is 0 Å². The molecule has 0 amide bonds. The number of H-pyrrole nitrogens is 1. The van der Waals surface area contributed by atoms with E-state index >= 15 is 0 Å². The van der Waals surface area contributed by atoms with Crippen molar-refractivity contribution in [3.8, 4) is 11.5 Å². The van der Waals surface area contributed by atoms with Crippen LogP contribution < -0.4 is 11.3 Å². The van der Waals surface area contributed by atoms with Crippen LogP contribution in [-0.4, -0.2) is 47.2 Å². The van der Waals surface area contributed by atoms with Gasteiger partial charge in [0.2, 0.25) is 5.95 Å². The van der Waals surface area contributed by atoms with Gasteiger partial charge in [0.15, 0.2) is 11.5 Å². The predicted molar refractivity (Wildman–Crippen MR) is 66.9 cm³/mol. The number of rotatable bonds is 5. The number of nitrogens with one attached hydrogen (secondary N) is 1. The molecule has 2 heterocycles. The number of nitrogens with two attached hydrogens (primary N) is 1. The molecule has 0 unspecified atom stereocenters. The molecule has 0 aromatic carbocycles. The van der Waals surface area contributed by atoms with Gasteiger partial charge < -0.3 is 20.3 Å². The van der Waals surface area contributed by atoms with E-state index in [1.807, 2.05) is 0 Å². The molecule has 0 aromatic rings. The fraction of sp³-hybridized carbons (Fsp3) is 0.500. The molecule has 0 saturated heterocycles. The molecule has 0 saturated carbocycles. The first-order valence-electron chi connectivity index (χ1n) is 5.51. The Morgan fingerprint density at radius 2 is 2.20 bits per heavy atom. The molecular formula is C8H13N6O5P. The minimum atomic E-state index is -4.23. The Kier molecular flexibility index (Phi) is 3.86. The molecule has 2 rings (SSSR count). The van der Waals surface area contributed by atoms with Crippen molar-refractivity contribution >= 4 is 13.5 Å². The largest absolute Gasteiger partial charge is 0.368 e. The molecule has 1 atom stereocenters. The van der Waals surface area contributed by atoms with Crippen molar-refractivity contribution < 1.29 is 19.1 Å². The van der Waals surface area contributed by atoms with E-state index in [-0.39, 0.29) is 24.0 Å². The van der Waals surface area contributed by atoms with E-state index in [1.54, 1.807) is 6.92 Å². The van der Waals surface area contributed by atoms with Crippen molar-refractivity contribution in [2.24, 2.45) is 0 Å². The maximum absolute atomic E-state index is 11.5. The maximum Gasteiger partial charge on any atom is 0.350 e. The lowest BCUT2D eigenvalue weighted by atomic mass is 10.3. The summed E-state index contributed by atoms with van der Waals surface area (Å²) in [7, 11) is -4.23. The average Bonchev–Trinajstić information content (AvgIpc) is 2.69. The molecule has 110 valence electrons. The normalized spacial score (nSPS) is 13.8. The van der Waals surface area contributed by atoms with E-state index in [9.17, 15) is 9.36 Å². The molecule has 2 aliphatic rings. The summed E-state index contributed by atoms with van der Waals surface area (Å²) in [4.78, 5) is 36.3. The highest BCUT2D eigenvalue weighted by Gasteiger charge is 2.21. The molecule has 0 fully saturated rings. The first kappa shape index (κ1) is 14.6. The number of fused-ring (bicyclic) bond motifs is 1. The summed E-state index contributed by atoms with van der Waals surface area (Å²) in [6.45, 7) is 1.77. The fourth-order valence-corrected chi connectivity index (χ4v) is 1.99. The van der Waals surface area contributed by atoms with Crippen molar-refractivity contribution in [1.82, 2.24) is 25.0 Å². The van der Waals surface area contributed by atoms with Gasteiger partial charge in [-0.3, -0.25) is 9.36 Å². The number of nitrogens with zero attached hydrogens (tertiary/aromatic N) is 4. The Hall–Kier alpha value is -1.81. The second kappa shape index (κ2) is 5.29. The summed E-state index contributed by atoms with van der Waals surface area (Å²) in [5.74, 6) is 0.0237. The zero-order valence-electron chi connectivity index (χ0n) is 10.4. The SMILES string of the molecule is C[C@H](Cn1[nH]nc2c(=O)nc(N)nc1-2)OCP(=O)(O)O. The van der Waals surface area contributed by atoms with Gasteiger partial charge in [-0.1, -0.05) is 0 Å². The smallest absolute Gasteiger partial charge is 0.350 e. The number of anilines is 1. The van der Waals surface area contributed by atoms with E-state index in [2.05, 4.69) is 20.3 Å². The van der Waals surface area contributed by atoms with Crippen LogP contribution in [0.1, 0.15) is 6.92 Å². The summed E-state index contributed by atoms with van der Waals surface area (Å²) in [6.07, 6.45) is -1.23. The van der Waals surface area contributed by atoms with E-state index in [0.717, 1.165) is 0 Å². The number of hydrogen-bond donors (Lipinski definition) is 4.